The van der Waals surface area contributed by atoms with Crippen molar-refractivity contribution < 1.29 is 4.43 Å². The van der Waals surface area contributed by atoms with Crippen molar-refractivity contribution in [1.29, 1.82) is 0 Å². The van der Waals surface area contributed by atoms with Crippen molar-refractivity contribution in [2.45, 2.75) is 71.5 Å². The molecule has 0 aliphatic rings. The average Bonchev–Trinajstić information content (AvgIpc) is 2.02. The first-order valence-corrected chi connectivity index (χ1v) is 8.71. The maximum absolute atomic E-state index is 5.95. The van der Waals surface area contributed by atoms with E-state index in [0.29, 0.717) is 5.04 Å². The third-order valence-corrected chi connectivity index (χ3v) is 7.48. The van der Waals surface area contributed by atoms with Gasteiger partial charge in [0.15, 0.2) is 8.32 Å². The summed E-state index contributed by atoms with van der Waals surface area (Å²) < 4.78 is 5.95. The van der Waals surface area contributed by atoms with Gasteiger partial charge in [0.25, 0.3) is 0 Å². The Morgan fingerprint density at radius 2 is 1.67 bits per heavy atom. The van der Waals surface area contributed by atoms with Crippen molar-refractivity contribution in [1.82, 2.24) is 0 Å². The second kappa shape index (κ2) is 7.95. The Morgan fingerprint density at radius 3 is 2.07 bits per heavy atom. The van der Waals surface area contributed by atoms with Crippen LogP contribution in [0.15, 0.2) is 0 Å². The van der Waals surface area contributed by atoms with Gasteiger partial charge >= 0.3 is 18.9 Å². The molecule has 0 fully saturated rings. The molecule has 1 nitrogen and oxygen atoms in total. The van der Waals surface area contributed by atoms with E-state index in [9.17, 15) is 0 Å². The first kappa shape index (κ1) is 18.1. The third-order valence-electron chi connectivity index (χ3n) is 3.11. The summed E-state index contributed by atoms with van der Waals surface area (Å²) >= 11 is 0. The molecule has 0 aromatic heterocycles. The molecule has 0 spiro atoms. The molecule has 0 rings (SSSR count). The van der Waals surface area contributed by atoms with Gasteiger partial charge in [0.2, 0.25) is 0 Å². The van der Waals surface area contributed by atoms with E-state index in [-0.39, 0.29) is 18.9 Å². The molecular formula is C12H28LiOSi. The maximum atomic E-state index is 5.95. The van der Waals surface area contributed by atoms with Gasteiger partial charge in [-0.05, 0) is 24.6 Å². The number of unbranched alkanes of at least 4 members (excludes halogenated alkanes) is 3. The van der Waals surface area contributed by atoms with Gasteiger partial charge in [-0.3, -0.25) is 0 Å². The third kappa shape index (κ3) is 7.63. The van der Waals surface area contributed by atoms with Gasteiger partial charge in [-0.15, -0.1) is 0 Å². The summed E-state index contributed by atoms with van der Waals surface area (Å²) in [6, 6.07) is 0. The van der Waals surface area contributed by atoms with Gasteiger partial charge in [0.05, 0.1) is 6.61 Å². The molecule has 0 saturated heterocycles. The Balaban J connectivity index is 0. The van der Waals surface area contributed by atoms with Crippen LogP contribution in [0.4, 0.5) is 0 Å². The first-order chi connectivity index (χ1) is 6.31. The molecular weight excluding hydrogens is 195 g/mol. The number of hydrogen-bond donors (Lipinski definition) is 0. The first-order valence-electron chi connectivity index (χ1n) is 5.81. The van der Waals surface area contributed by atoms with Crippen LogP contribution in [-0.4, -0.2) is 27.2 Å². The normalized spacial score (nSPS) is 12.4. The monoisotopic (exact) mass is 223 g/mol. The van der Waals surface area contributed by atoms with Crippen molar-refractivity contribution in [2.24, 2.45) is 0 Å². The molecule has 15 heavy (non-hydrogen) atoms. The Labute approximate surface area is 110 Å². The molecule has 0 unspecified atom stereocenters. The summed E-state index contributed by atoms with van der Waals surface area (Å²) in [5.41, 5.74) is 0. The van der Waals surface area contributed by atoms with E-state index in [1.807, 2.05) is 6.61 Å². The van der Waals surface area contributed by atoms with E-state index < -0.39 is 8.32 Å². The Kier molecular flexibility index (Phi) is 9.62. The van der Waals surface area contributed by atoms with Crippen LogP contribution in [0.2, 0.25) is 18.1 Å². The zero-order chi connectivity index (χ0) is 11.2. The van der Waals surface area contributed by atoms with Crippen molar-refractivity contribution in [2.75, 3.05) is 0 Å². The minimum absolute atomic E-state index is 0. The molecule has 87 valence electrons. The molecule has 0 aromatic rings. The topological polar surface area (TPSA) is 9.23 Å². The van der Waals surface area contributed by atoms with Crippen LogP contribution in [0, 0.1) is 6.61 Å². The molecule has 0 atom stereocenters. The fraction of sp³-hybridized carbons (Fsp3) is 0.917. The molecule has 0 aliphatic carbocycles. The molecule has 0 amide bonds. The van der Waals surface area contributed by atoms with Crippen LogP contribution >= 0.6 is 0 Å². The summed E-state index contributed by atoms with van der Waals surface area (Å²) in [4.78, 5) is 0. The zero-order valence-corrected chi connectivity index (χ0v) is 11.8. The van der Waals surface area contributed by atoms with Crippen molar-refractivity contribution in [3.05, 3.63) is 6.61 Å². The molecule has 3 heteroatoms. The molecule has 0 heterocycles. The second-order valence-corrected chi connectivity index (χ2v) is 10.3. The van der Waals surface area contributed by atoms with Crippen molar-refractivity contribution in [3.8, 4) is 0 Å². The zero-order valence-electron chi connectivity index (χ0n) is 10.8. The van der Waals surface area contributed by atoms with Crippen LogP contribution in [-0.2, 0) is 4.43 Å². The fourth-order valence-corrected chi connectivity index (χ4v) is 1.81. The SMILES string of the molecule is CCCCC[CH]O[Si](C)(C)C(C)(C)C.[LiH]. The Morgan fingerprint density at radius 1 is 1.13 bits per heavy atom. The summed E-state index contributed by atoms with van der Waals surface area (Å²) in [5, 5.41) is 0.328. The van der Waals surface area contributed by atoms with E-state index in [4.69, 9.17) is 4.43 Å². The predicted molar refractivity (Wildman–Crippen MR) is 73.9 cm³/mol. The van der Waals surface area contributed by atoms with E-state index in [0.717, 1.165) is 6.42 Å². The molecule has 0 bridgehead atoms. The molecule has 0 N–H and O–H groups in total. The summed E-state index contributed by atoms with van der Waals surface area (Å²) in [6.07, 6.45) is 4.98. The van der Waals surface area contributed by atoms with E-state index in [1.54, 1.807) is 0 Å². The quantitative estimate of drug-likeness (QED) is 0.486. The Bertz CT molecular complexity index is 152. The summed E-state index contributed by atoms with van der Waals surface area (Å²) in [5.74, 6) is 0. The number of rotatable bonds is 6. The molecule has 0 aliphatic heterocycles. The van der Waals surface area contributed by atoms with Crippen LogP contribution in [0.25, 0.3) is 0 Å². The Hall–Kier alpha value is 0.774. The summed E-state index contributed by atoms with van der Waals surface area (Å²) in [6.45, 7) is 15.7. The van der Waals surface area contributed by atoms with Crippen molar-refractivity contribution >= 4 is 27.2 Å². The second-order valence-electron chi connectivity index (χ2n) is 5.54. The number of hydrogen-bond acceptors (Lipinski definition) is 1. The van der Waals surface area contributed by atoms with Gasteiger partial charge in [-0.2, -0.15) is 0 Å². The van der Waals surface area contributed by atoms with Crippen molar-refractivity contribution in [3.63, 3.8) is 0 Å². The van der Waals surface area contributed by atoms with Crippen LogP contribution in [0.5, 0.6) is 0 Å². The van der Waals surface area contributed by atoms with Gasteiger partial charge < -0.3 is 4.43 Å². The predicted octanol–water partition coefficient (Wildman–Crippen LogP) is 4.10. The van der Waals surface area contributed by atoms with Gasteiger partial charge in [0.1, 0.15) is 0 Å². The fourth-order valence-electron chi connectivity index (χ4n) is 0.922. The van der Waals surface area contributed by atoms with E-state index in [1.165, 1.54) is 19.3 Å². The van der Waals surface area contributed by atoms with Crippen LogP contribution in [0.3, 0.4) is 0 Å². The van der Waals surface area contributed by atoms with Crippen LogP contribution in [0.1, 0.15) is 53.4 Å². The summed E-state index contributed by atoms with van der Waals surface area (Å²) in [7, 11) is -1.52. The molecule has 1 radical (unpaired) electrons. The van der Waals surface area contributed by atoms with Crippen LogP contribution < -0.4 is 0 Å². The standard InChI is InChI=1S/C12H27OSi.Li.H/c1-7-8-9-10-11-13-14(5,6)12(2,3)4;;/h11H,7-10H2,1-6H3;;. The molecule has 0 aromatic carbocycles. The molecule has 0 saturated carbocycles. The van der Waals surface area contributed by atoms with E-state index in [2.05, 4.69) is 40.8 Å². The minimum atomic E-state index is -1.52. The van der Waals surface area contributed by atoms with Gasteiger partial charge in [-0.25, -0.2) is 0 Å². The van der Waals surface area contributed by atoms with Gasteiger partial charge in [0, 0.05) is 0 Å². The average molecular weight is 223 g/mol. The van der Waals surface area contributed by atoms with E-state index >= 15 is 0 Å². The van der Waals surface area contributed by atoms with Gasteiger partial charge in [-0.1, -0.05) is 47.0 Å².